The lowest BCUT2D eigenvalue weighted by Crippen LogP contribution is -2.32. The summed E-state index contributed by atoms with van der Waals surface area (Å²) in [6.07, 6.45) is 5.87. The van der Waals surface area contributed by atoms with Gasteiger partial charge in [0.2, 0.25) is 5.82 Å². The van der Waals surface area contributed by atoms with Crippen molar-refractivity contribution in [3.05, 3.63) is 39.7 Å². The van der Waals surface area contributed by atoms with E-state index in [4.69, 9.17) is 6.42 Å². The second-order valence-electron chi connectivity index (χ2n) is 3.85. The first-order valence-corrected chi connectivity index (χ1v) is 5.68. The molecular formula is C13H13FN2O3. The van der Waals surface area contributed by atoms with Gasteiger partial charge in [0.05, 0.1) is 11.5 Å². The predicted molar refractivity (Wildman–Crippen MR) is 68.1 cm³/mol. The molecule has 0 N–H and O–H groups in total. The highest BCUT2D eigenvalue weighted by molar-refractivity contribution is 5.95. The van der Waals surface area contributed by atoms with E-state index in [1.807, 2.05) is 6.92 Å². The van der Waals surface area contributed by atoms with Crippen LogP contribution in [-0.2, 0) is 0 Å². The van der Waals surface area contributed by atoms with Gasteiger partial charge >= 0.3 is 5.69 Å². The van der Waals surface area contributed by atoms with E-state index in [2.05, 4.69) is 5.92 Å². The molecule has 1 aromatic rings. The summed E-state index contributed by atoms with van der Waals surface area (Å²) in [5, 5.41) is 10.6. The molecule has 0 saturated carbocycles. The normalized spacial score (nSPS) is 9.74. The maximum absolute atomic E-state index is 13.2. The van der Waals surface area contributed by atoms with Crippen molar-refractivity contribution in [2.45, 2.75) is 13.3 Å². The Morgan fingerprint density at radius 3 is 2.79 bits per heavy atom. The molecule has 0 aliphatic heterocycles. The maximum atomic E-state index is 13.2. The van der Waals surface area contributed by atoms with Crippen LogP contribution in [0.3, 0.4) is 0 Å². The summed E-state index contributed by atoms with van der Waals surface area (Å²) < 4.78 is 13.2. The molecule has 0 aromatic heterocycles. The third-order valence-corrected chi connectivity index (χ3v) is 2.45. The monoisotopic (exact) mass is 264 g/mol. The fraction of sp³-hybridized carbons (Fsp3) is 0.308. The number of carbonyl (C=O) groups is 1. The number of amides is 1. The Labute approximate surface area is 110 Å². The van der Waals surface area contributed by atoms with Crippen LogP contribution in [0.25, 0.3) is 0 Å². The summed E-state index contributed by atoms with van der Waals surface area (Å²) in [4.78, 5) is 23.2. The highest BCUT2D eigenvalue weighted by Gasteiger charge is 2.20. The second-order valence-corrected chi connectivity index (χ2v) is 3.85. The van der Waals surface area contributed by atoms with E-state index in [1.165, 1.54) is 11.0 Å². The Morgan fingerprint density at radius 1 is 1.58 bits per heavy atom. The fourth-order valence-electron chi connectivity index (χ4n) is 1.60. The second kappa shape index (κ2) is 6.50. The number of nitro benzene ring substituents is 1. The molecule has 0 aliphatic rings. The Bertz CT molecular complexity index is 537. The summed E-state index contributed by atoms with van der Waals surface area (Å²) >= 11 is 0. The van der Waals surface area contributed by atoms with E-state index >= 15 is 0 Å². The largest absolute Gasteiger partial charge is 0.328 e. The van der Waals surface area contributed by atoms with Crippen LogP contribution in [0.4, 0.5) is 10.1 Å². The van der Waals surface area contributed by atoms with E-state index in [-0.39, 0.29) is 12.1 Å². The van der Waals surface area contributed by atoms with Gasteiger partial charge in [0, 0.05) is 18.2 Å². The van der Waals surface area contributed by atoms with Crippen molar-refractivity contribution >= 4 is 11.6 Å². The zero-order chi connectivity index (χ0) is 14.4. The molecule has 1 aromatic carbocycles. The van der Waals surface area contributed by atoms with Gasteiger partial charge in [-0.15, -0.1) is 6.42 Å². The Kier molecular flexibility index (Phi) is 5.01. The van der Waals surface area contributed by atoms with Crippen molar-refractivity contribution in [1.29, 1.82) is 0 Å². The van der Waals surface area contributed by atoms with E-state index in [1.54, 1.807) is 0 Å². The average molecular weight is 264 g/mol. The van der Waals surface area contributed by atoms with Gasteiger partial charge in [-0.25, -0.2) is 0 Å². The molecule has 0 heterocycles. The van der Waals surface area contributed by atoms with Crippen LogP contribution in [0.15, 0.2) is 18.2 Å². The molecule has 0 unspecified atom stereocenters. The van der Waals surface area contributed by atoms with Crippen LogP contribution < -0.4 is 0 Å². The summed E-state index contributed by atoms with van der Waals surface area (Å²) in [7, 11) is 0. The maximum Gasteiger partial charge on any atom is 0.305 e. The van der Waals surface area contributed by atoms with Crippen LogP contribution in [0.2, 0.25) is 0 Å². The van der Waals surface area contributed by atoms with E-state index in [0.717, 1.165) is 12.1 Å². The first-order valence-electron chi connectivity index (χ1n) is 5.68. The quantitative estimate of drug-likeness (QED) is 0.465. The van der Waals surface area contributed by atoms with E-state index in [9.17, 15) is 19.3 Å². The van der Waals surface area contributed by atoms with Crippen molar-refractivity contribution in [2.75, 3.05) is 13.1 Å². The molecule has 0 spiro atoms. The molecular weight excluding hydrogens is 251 g/mol. The first kappa shape index (κ1) is 14.6. The van der Waals surface area contributed by atoms with Gasteiger partial charge in [0.25, 0.3) is 5.91 Å². The number of halogens is 1. The number of rotatable bonds is 5. The van der Waals surface area contributed by atoms with Crippen LogP contribution >= 0.6 is 0 Å². The van der Waals surface area contributed by atoms with Crippen molar-refractivity contribution in [3.8, 4) is 12.3 Å². The number of hydrogen-bond donors (Lipinski definition) is 0. The standard InChI is InChI=1S/C13H13FN2O3/c1-3-7-15(8-4-2)13(17)10-5-6-11(14)12(9-10)16(18)19/h1,5-6,9H,4,7-8H2,2H3. The number of nitrogens with zero attached hydrogens (tertiary/aromatic N) is 2. The number of hydrogen-bond acceptors (Lipinski definition) is 3. The van der Waals surface area contributed by atoms with Gasteiger partial charge in [-0.2, -0.15) is 4.39 Å². The Morgan fingerprint density at radius 2 is 2.26 bits per heavy atom. The number of nitro groups is 1. The summed E-state index contributed by atoms with van der Waals surface area (Å²) in [5.74, 6) is 0.936. The van der Waals surface area contributed by atoms with Crippen LogP contribution in [0.1, 0.15) is 23.7 Å². The molecule has 5 nitrogen and oxygen atoms in total. The third kappa shape index (κ3) is 3.52. The zero-order valence-corrected chi connectivity index (χ0v) is 10.4. The minimum atomic E-state index is -0.972. The molecule has 0 aliphatic carbocycles. The van der Waals surface area contributed by atoms with Gasteiger partial charge in [0.1, 0.15) is 0 Å². The number of benzene rings is 1. The molecule has 6 heteroatoms. The highest BCUT2D eigenvalue weighted by atomic mass is 19.1. The molecule has 0 bridgehead atoms. The molecule has 0 radical (unpaired) electrons. The van der Waals surface area contributed by atoms with Gasteiger partial charge in [0.15, 0.2) is 0 Å². The molecule has 1 rings (SSSR count). The smallest absolute Gasteiger partial charge is 0.305 e. The Hall–Kier alpha value is -2.42. The summed E-state index contributed by atoms with van der Waals surface area (Å²) in [6, 6.07) is 3.05. The average Bonchev–Trinajstić information content (AvgIpc) is 2.38. The third-order valence-electron chi connectivity index (χ3n) is 2.45. The van der Waals surface area contributed by atoms with Gasteiger partial charge in [-0.05, 0) is 18.6 Å². The lowest BCUT2D eigenvalue weighted by Gasteiger charge is -2.19. The lowest BCUT2D eigenvalue weighted by atomic mass is 10.1. The van der Waals surface area contributed by atoms with Crippen molar-refractivity contribution < 1.29 is 14.1 Å². The number of carbonyl (C=O) groups excluding carboxylic acids is 1. The van der Waals surface area contributed by atoms with Crippen molar-refractivity contribution in [2.24, 2.45) is 0 Å². The zero-order valence-electron chi connectivity index (χ0n) is 10.4. The topological polar surface area (TPSA) is 63.5 Å². The molecule has 100 valence electrons. The van der Waals surface area contributed by atoms with Crippen molar-refractivity contribution in [3.63, 3.8) is 0 Å². The van der Waals surface area contributed by atoms with Crippen LogP contribution in [-0.4, -0.2) is 28.8 Å². The minimum Gasteiger partial charge on any atom is -0.328 e. The van der Waals surface area contributed by atoms with Gasteiger partial charge < -0.3 is 4.90 Å². The van der Waals surface area contributed by atoms with Crippen molar-refractivity contribution in [1.82, 2.24) is 4.90 Å². The number of terminal acetylenes is 1. The SMILES string of the molecule is C#CCN(CCC)C(=O)c1ccc(F)c([N+](=O)[O-])c1. The molecule has 19 heavy (non-hydrogen) atoms. The lowest BCUT2D eigenvalue weighted by molar-refractivity contribution is -0.387. The van der Waals surface area contributed by atoms with E-state index < -0.39 is 22.3 Å². The molecule has 0 fully saturated rings. The highest BCUT2D eigenvalue weighted by Crippen LogP contribution is 2.19. The minimum absolute atomic E-state index is 0.0526. The molecule has 1 amide bonds. The van der Waals surface area contributed by atoms with Crippen LogP contribution in [0.5, 0.6) is 0 Å². The Balaban J connectivity index is 3.08. The van der Waals surface area contributed by atoms with Gasteiger partial charge in [-0.3, -0.25) is 14.9 Å². The molecule has 0 saturated heterocycles. The predicted octanol–water partition coefficient (Wildman–Crippen LogP) is 2.22. The molecule has 0 atom stereocenters. The van der Waals surface area contributed by atoms with E-state index in [0.29, 0.717) is 13.0 Å². The fourth-order valence-corrected chi connectivity index (χ4v) is 1.60. The van der Waals surface area contributed by atoms with Crippen LogP contribution in [0, 0.1) is 28.3 Å². The summed E-state index contributed by atoms with van der Waals surface area (Å²) in [5.41, 5.74) is -0.667. The first-order chi connectivity index (χ1) is 9.01. The van der Waals surface area contributed by atoms with Gasteiger partial charge in [-0.1, -0.05) is 12.8 Å². The summed E-state index contributed by atoms with van der Waals surface area (Å²) in [6.45, 7) is 2.43.